The molecule has 0 amide bonds. The van der Waals surface area contributed by atoms with E-state index in [9.17, 15) is 5.11 Å². The van der Waals surface area contributed by atoms with E-state index in [1.165, 1.54) is 11.3 Å². The summed E-state index contributed by atoms with van der Waals surface area (Å²) in [6.45, 7) is 6.22. The van der Waals surface area contributed by atoms with Crippen LogP contribution in [-0.2, 0) is 6.42 Å². The molecule has 0 aliphatic carbocycles. The first-order valence-electron chi connectivity index (χ1n) is 6.24. The monoisotopic (exact) mass is 265 g/mol. The molecule has 0 fully saturated rings. The van der Waals surface area contributed by atoms with Crippen molar-refractivity contribution in [3.8, 4) is 0 Å². The Hall–Kier alpha value is -1.20. The molecule has 2 unspecified atom stereocenters. The quantitative estimate of drug-likeness (QED) is 0.904. The summed E-state index contributed by atoms with van der Waals surface area (Å²) < 4.78 is 1.96. The molecule has 98 valence electrons. The van der Waals surface area contributed by atoms with Gasteiger partial charge in [-0.3, -0.25) is 4.68 Å². The minimum Gasteiger partial charge on any atom is -0.387 e. The summed E-state index contributed by atoms with van der Waals surface area (Å²) in [7, 11) is 0. The van der Waals surface area contributed by atoms with Crippen molar-refractivity contribution in [2.45, 2.75) is 45.8 Å². The summed E-state index contributed by atoms with van der Waals surface area (Å²) in [5.41, 5.74) is 0.925. The standard InChI is InChI=1S/C13H19N3OS/c1-4-9(2)16-6-5-11(15-16)7-12(17)13-8-14-10(3)18-13/h5-6,8-9,12,17H,4,7H2,1-3H3. The van der Waals surface area contributed by atoms with Crippen LogP contribution in [0, 0.1) is 6.92 Å². The summed E-state index contributed by atoms with van der Waals surface area (Å²) >= 11 is 1.54. The fraction of sp³-hybridized carbons (Fsp3) is 0.538. The van der Waals surface area contributed by atoms with Crippen molar-refractivity contribution in [2.75, 3.05) is 0 Å². The maximum atomic E-state index is 10.1. The van der Waals surface area contributed by atoms with Crippen LogP contribution < -0.4 is 0 Å². The Labute approximate surface area is 111 Å². The highest BCUT2D eigenvalue weighted by Gasteiger charge is 2.14. The summed E-state index contributed by atoms with van der Waals surface area (Å²) in [5, 5.41) is 15.6. The predicted octanol–water partition coefficient (Wildman–Crippen LogP) is 2.90. The van der Waals surface area contributed by atoms with Crippen LogP contribution in [0.2, 0.25) is 0 Å². The average molecular weight is 265 g/mol. The predicted molar refractivity (Wildman–Crippen MR) is 72.7 cm³/mol. The third-order valence-electron chi connectivity index (χ3n) is 3.08. The zero-order valence-corrected chi connectivity index (χ0v) is 11.8. The Morgan fingerprint density at radius 1 is 1.50 bits per heavy atom. The zero-order chi connectivity index (χ0) is 13.1. The lowest BCUT2D eigenvalue weighted by molar-refractivity contribution is 0.180. The first kappa shape index (κ1) is 13.2. The number of hydrogen-bond acceptors (Lipinski definition) is 4. The van der Waals surface area contributed by atoms with Crippen molar-refractivity contribution in [2.24, 2.45) is 0 Å². The van der Waals surface area contributed by atoms with Gasteiger partial charge in [0.15, 0.2) is 0 Å². The molecule has 5 heteroatoms. The molecule has 1 N–H and O–H groups in total. The van der Waals surface area contributed by atoms with Gasteiger partial charge >= 0.3 is 0 Å². The van der Waals surface area contributed by atoms with Gasteiger partial charge in [0.2, 0.25) is 0 Å². The van der Waals surface area contributed by atoms with Gasteiger partial charge in [0, 0.05) is 24.9 Å². The van der Waals surface area contributed by atoms with Gasteiger partial charge in [0.1, 0.15) is 0 Å². The number of nitrogens with zero attached hydrogens (tertiary/aromatic N) is 3. The van der Waals surface area contributed by atoms with Gasteiger partial charge in [-0.2, -0.15) is 5.10 Å². The largest absolute Gasteiger partial charge is 0.387 e. The molecule has 0 saturated carbocycles. The highest BCUT2D eigenvalue weighted by Crippen LogP contribution is 2.23. The minimum absolute atomic E-state index is 0.404. The molecule has 0 saturated heterocycles. The summed E-state index contributed by atoms with van der Waals surface area (Å²) in [5.74, 6) is 0. The Bertz CT molecular complexity index is 506. The molecule has 0 aliphatic heterocycles. The molecule has 2 aromatic heterocycles. The molecule has 18 heavy (non-hydrogen) atoms. The topological polar surface area (TPSA) is 50.9 Å². The second kappa shape index (κ2) is 5.63. The molecule has 0 aromatic carbocycles. The van der Waals surface area contributed by atoms with Crippen LogP contribution in [0.5, 0.6) is 0 Å². The van der Waals surface area contributed by atoms with Gasteiger partial charge in [-0.25, -0.2) is 4.98 Å². The van der Waals surface area contributed by atoms with Crippen LogP contribution in [0.1, 0.15) is 48.0 Å². The molecule has 0 bridgehead atoms. The molecule has 2 rings (SSSR count). The molecule has 0 spiro atoms. The van der Waals surface area contributed by atoms with Crippen molar-refractivity contribution < 1.29 is 5.11 Å². The number of thiazole rings is 1. The Morgan fingerprint density at radius 2 is 2.28 bits per heavy atom. The molecular formula is C13H19N3OS. The van der Waals surface area contributed by atoms with E-state index >= 15 is 0 Å². The second-order valence-corrected chi connectivity index (χ2v) is 5.81. The highest BCUT2D eigenvalue weighted by molar-refractivity contribution is 7.11. The van der Waals surface area contributed by atoms with E-state index in [2.05, 4.69) is 23.9 Å². The molecule has 2 atom stereocenters. The Balaban J connectivity index is 2.03. The average Bonchev–Trinajstić information content (AvgIpc) is 2.97. The van der Waals surface area contributed by atoms with Crippen molar-refractivity contribution in [3.63, 3.8) is 0 Å². The second-order valence-electron chi connectivity index (χ2n) is 4.55. The maximum Gasteiger partial charge on any atom is 0.0954 e. The van der Waals surface area contributed by atoms with Gasteiger partial charge < -0.3 is 5.11 Å². The van der Waals surface area contributed by atoms with Crippen LogP contribution in [0.25, 0.3) is 0 Å². The number of aliphatic hydroxyl groups excluding tert-OH is 1. The van der Waals surface area contributed by atoms with Crippen LogP contribution in [0.15, 0.2) is 18.5 Å². The fourth-order valence-electron chi connectivity index (χ4n) is 1.75. The lowest BCUT2D eigenvalue weighted by atomic mass is 10.2. The van der Waals surface area contributed by atoms with E-state index in [-0.39, 0.29) is 0 Å². The van der Waals surface area contributed by atoms with E-state index in [4.69, 9.17) is 0 Å². The molecule has 4 nitrogen and oxygen atoms in total. The number of aryl methyl sites for hydroxylation is 1. The normalized spacial score (nSPS) is 14.7. The van der Waals surface area contributed by atoms with E-state index in [0.29, 0.717) is 12.5 Å². The number of rotatable bonds is 5. The smallest absolute Gasteiger partial charge is 0.0954 e. The first-order chi connectivity index (χ1) is 8.60. The van der Waals surface area contributed by atoms with Crippen molar-refractivity contribution in [1.82, 2.24) is 14.8 Å². The maximum absolute atomic E-state index is 10.1. The fourth-order valence-corrected chi connectivity index (χ4v) is 2.52. The van der Waals surface area contributed by atoms with E-state index in [1.807, 2.05) is 23.9 Å². The zero-order valence-electron chi connectivity index (χ0n) is 11.0. The molecule has 2 heterocycles. The van der Waals surface area contributed by atoms with Gasteiger partial charge in [0.25, 0.3) is 0 Å². The Kier molecular flexibility index (Phi) is 4.14. The third-order valence-corrected chi connectivity index (χ3v) is 4.09. The molecule has 0 aliphatic rings. The lowest BCUT2D eigenvalue weighted by Crippen LogP contribution is -2.06. The van der Waals surface area contributed by atoms with Crippen molar-refractivity contribution in [1.29, 1.82) is 0 Å². The molecule has 2 aromatic rings. The summed E-state index contributed by atoms with van der Waals surface area (Å²) in [6, 6.07) is 2.38. The minimum atomic E-state index is -0.503. The third kappa shape index (κ3) is 2.97. The van der Waals surface area contributed by atoms with Crippen LogP contribution in [0.4, 0.5) is 0 Å². The number of aliphatic hydroxyl groups is 1. The van der Waals surface area contributed by atoms with Crippen LogP contribution >= 0.6 is 11.3 Å². The van der Waals surface area contributed by atoms with Crippen LogP contribution in [0.3, 0.4) is 0 Å². The van der Waals surface area contributed by atoms with Gasteiger partial charge in [0.05, 0.1) is 21.7 Å². The van der Waals surface area contributed by atoms with E-state index in [0.717, 1.165) is 22.0 Å². The summed E-state index contributed by atoms with van der Waals surface area (Å²) in [4.78, 5) is 5.07. The van der Waals surface area contributed by atoms with Gasteiger partial charge in [-0.05, 0) is 26.3 Å². The van der Waals surface area contributed by atoms with Gasteiger partial charge in [-0.1, -0.05) is 6.92 Å². The van der Waals surface area contributed by atoms with Gasteiger partial charge in [-0.15, -0.1) is 11.3 Å². The first-order valence-corrected chi connectivity index (χ1v) is 7.06. The highest BCUT2D eigenvalue weighted by atomic mass is 32.1. The van der Waals surface area contributed by atoms with Crippen molar-refractivity contribution in [3.05, 3.63) is 34.0 Å². The number of hydrogen-bond donors (Lipinski definition) is 1. The molecular weight excluding hydrogens is 246 g/mol. The SMILES string of the molecule is CCC(C)n1ccc(CC(O)c2cnc(C)s2)n1. The summed E-state index contributed by atoms with van der Waals surface area (Å²) in [6.07, 6.45) is 4.82. The van der Waals surface area contributed by atoms with Crippen molar-refractivity contribution >= 4 is 11.3 Å². The molecule has 0 radical (unpaired) electrons. The van der Waals surface area contributed by atoms with Crippen LogP contribution in [-0.4, -0.2) is 19.9 Å². The van der Waals surface area contributed by atoms with E-state index in [1.54, 1.807) is 6.20 Å². The lowest BCUT2D eigenvalue weighted by Gasteiger charge is -2.09. The Morgan fingerprint density at radius 3 is 2.89 bits per heavy atom. The number of aromatic nitrogens is 3. The van der Waals surface area contributed by atoms with E-state index < -0.39 is 6.10 Å².